The van der Waals surface area contributed by atoms with Gasteiger partial charge in [-0.2, -0.15) is 5.10 Å². The van der Waals surface area contributed by atoms with Gasteiger partial charge in [0.05, 0.1) is 11.4 Å². The van der Waals surface area contributed by atoms with E-state index >= 15 is 0 Å². The third kappa shape index (κ3) is 5.77. The van der Waals surface area contributed by atoms with Gasteiger partial charge in [0, 0.05) is 5.69 Å². The smallest absolute Gasteiger partial charge is 0.121 e. The summed E-state index contributed by atoms with van der Waals surface area (Å²) >= 11 is 0. The Morgan fingerprint density at radius 2 is 1.78 bits per heavy atom. The van der Waals surface area contributed by atoms with Crippen LogP contribution in [0.3, 0.4) is 0 Å². The molecule has 7 atom stereocenters. The molecule has 0 radical (unpaired) electrons. The molecule has 5 rings (SSSR count). The van der Waals surface area contributed by atoms with Gasteiger partial charge in [-0.3, -0.25) is 15.8 Å². The van der Waals surface area contributed by atoms with E-state index in [1.165, 1.54) is 69.1 Å². The van der Waals surface area contributed by atoms with Gasteiger partial charge in [-0.25, -0.2) is 0 Å². The summed E-state index contributed by atoms with van der Waals surface area (Å²) in [5.41, 5.74) is 6.05. The van der Waals surface area contributed by atoms with Crippen LogP contribution >= 0.6 is 0 Å². The maximum atomic E-state index is 11.1. The van der Waals surface area contributed by atoms with Gasteiger partial charge in [0.1, 0.15) is 5.69 Å². The third-order valence-electron chi connectivity index (χ3n) is 11.9. The molecule has 1 aromatic carbocycles. The van der Waals surface area contributed by atoms with E-state index in [1.807, 2.05) is 0 Å². The summed E-state index contributed by atoms with van der Waals surface area (Å²) < 4.78 is 0. The Labute approximate surface area is 245 Å². The Balaban J connectivity index is 1.28. The standard InChI is InChI=1S/C33H50N4O4/c1-21(2)7-6-8-22(3)27-12-13-28-26-11-9-23-19-24(15-17-32(23,4)29(26)16-18-33(27,28)5)34-35-30-14-10-25(36(38)39)20-31(30)37(40)41/h10,14,19-22,26-29,35,40-41H,6-9,11-13,15-18H2,1-5H3/q-2. The van der Waals surface area contributed by atoms with Crippen LogP contribution in [0.1, 0.15) is 105 Å². The van der Waals surface area contributed by atoms with E-state index in [0.29, 0.717) is 11.1 Å². The van der Waals surface area contributed by atoms with Crippen LogP contribution in [-0.2, 0) is 0 Å². The minimum absolute atomic E-state index is 0.107. The Morgan fingerprint density at radius 3 is 2.49 bits per heavy atom. The van der Waals surface area contributed by atoms with Crippen LogP contribution in [0, 0.1) is 56.8 Å². The highest BCUT2D eigenvalue weighted by molar-refractivity contribution is 5.97. The van der Waals surface area contributed by atoms with Gasteiger partial charge >= 0.3 is 0 Å². The highest BCUT2D eigenvalue weighted by Crippen LogP contribution is 2.67. The van der Waals surface area contributed by atoms with Gasteiger partial charge < -0.3 is 15.6 Å². The first-order valence-electron chi connectivity index (χ1n) is 15.9. The molecule has 4 aliphatic rings. The second-order valence-corrected chi connectivity index (χ2v) is 14.5. The molecule has 8 nitrogen and oxygen atoms in total. The van der Waals surface area contributed by atoms with Gasteiger partial charge in [-0.15, -0.1) is 5.23 Å². The number of hydrazone groups is 1. The van der Waals surface area contributed by atoms with E-state index in [9.17, 15) is 20.8 Å². The average Bonchev–Trinajstić information content (AvgIpc) is 3.28. The molecule has 0 amide bonds. The molecule has 0 saturated heterocycles. The van der Waals surface area contributed by atoms with Crippen molar-refractivity contribution in [1.82, 2.24) is 0 Å². The van der Waals surface area contributed by atoms with Crippen molar-refractivity contribution in [3.63, 3.8) is 0 Å². The van der Waals surface area contributed by atoms with Crippen molar-refractivity contribution in [3.05, 3.63) is 40.3 Å². The lowest BCUT2D eigenvalue weighted by molar-refractivity contribution is -0.0573. The largest absolute Gasteiger partial charge is 0.769 e. The first kappa shape index (κ1) is 30.3. The van der Waals surface area contributed by atoms with Crippen molar-refractivity contribution in [2.45, 2.75) is 105 Å². The molecule has 3 saturated carbocycles. The number of anilines is 3. The zero-order chi connectivity index (χ0) is 29.5. The summed E-state index contributed by atoms with van der Waals surface area (Å²) in [6.07, 6.45) is 16.3. The molecule has 7 unspecified atom stereocenters. The fraction of sp³-hybridized carbons (Fsp3) is 0.727. The topological polar surface area (TPSA) is 117 Å². The number of rotatable bonds is 9. The second kappa shape index (κ2) is 11.9. The summed E-state index contributed by atoms with van der Waals surface area (Å²) in [6.45, 7) is 12.4. The maximum Gasteiger partial charge on any atom is 0.121 e. The van der Waals surface area contributed by atoms with Gasteiger partial charge in [-0.1, -0.05) is 59.5 Å². The number of nitrogens with one attached hydrogen (secondary N) is 1. The highest BCUT2D eigenvalue weighted by Gasteiger charge is 2.59. The molecule has 1 aromatic rings. The van der Waals surface area contributed by atoms with Crippen LogP contribution in [0.5, 0.6) is 0 Å². The molecule has 0 aromatic heterocycles. The first-order chi connectivity index (χ1) is 19.4. The van der Waals surface area contributed by atoms with Crippen molar-refractivity contribution < 1.29 is 10.4 Å². The molecule has 3 fully saturated rings. The van der Waals surface area contributed by atoms with Crippen LogP contribution in [0.2, 0.25) is 0 Å². The Bertz CT molecular complexity index is 1150. The number of allylic oxidation sites excluding steroid dienone is 2. The van der Waals surface area contributed by atoms with Crippen LogP contribution in [-0.4, -0.2) is 16.1 Å². The fourth-order valence-corrected chi connectivity index (χ4v) is 9.71. The van der Waals surface area contributed by atoms with E-state index in [2.05, 4.69) is 51.2 Å². The number of fused-ring (bicyclic) bond motifs is 5. The van der Waals surface area contributed by atoms with Crippen LogP contribution < -0.4 is 15.9 Å². The quantitative estimate of drug-likeness (QED) is 0.255. The zero-order valence-corrected chi connectivity index (χ0v) is 25.6. The molecular formula is C33H50N4O4-2. The van der Waals surface area contributed by atoms with Crippen LogP contribution in [0.15, 0.2) is 34.9 Å². The molecular weight excluding hydrogens is 516 g/mol. The summed E-state index contributed by atoms with van der Waals surface area (Å²) in [7, 11) is 0. The van der Waals surface area contributed by atoms with Crippen molar-refractivity contribution in [3.8, 4) is 0 Å². The molecule has 3 N–H and O–H groups in total. The normalized spacial score (nSPS) is 34.5. The molecule has 0 aliphatic heterocycles. The lowest BCUT2D eigenvalue weighted by Gasteiger charge is -2.58. The molecule has 228 valence electrons. The van der Waals surface area contributed by atoms with E-state index in [1.54, 1.807) is 0 Å². The average molecular weight is 567 g/mol. The number of nitrogens with zero attached hydrogens (tertiary/aromatic N) is 3. The van der Waals surface area contributed by atoms with Gasteiger partial charge in [0.25, 0.3) is 0 Å². The van der Waals surface area contributed by atoms with Crippen molar-refractivity contribution in [1.29, 1.82) is 0 Å². The third-order valence-corrected chi connectivity index (χ3v) is 11.9. The molecule has 8 heteroatoms. The molecule has 0 heterocycles. The van der Waals surface area contributed by atoms with E-state index in [-0.39, 0.29) is 22.0 Å². The second-order valence-electron chi connectivity index (χ2n) is 14.5. The summed E-state index contributed by atoms with van der Waals surface area (Å²) in [5, 5.41) is 45.3. The zero-order valence-electron chi connectivity index (χ0n) is 25.6. The lowest BCUT2D eigenvalue weighted by Crippen LogP contribution is -2.51. The molecule has 0 bridgehead atoms. The van der Waals surface area contributed by atoms with Crippen LogP contribution in [0.25, 0.3) is 0 Å². The maximum absolute atomic E-state index is 11.1. The van der Waals surface area contributed by atoms with Gasteiger partial charge in [0.2, 0.25) is 0 Å². The summed E-state index contributed by atoms with van der Waals surface area (Å²) in [6, 6.07) is 3.88. The van der Waals surface area contributed by atoms with Gasteiger partial charge in [0.15, 0.2) is 0 Å². The van der Waals surface area contributed by atoms with E-state index < -0.39 is 5.23 Å². The number of hydrogen-bond acceptors (Lipinski definition) is 8. The van der Waals surface area contributed by atoms with Crippen molar-refractivity contribution in [2.24, 2.45) is 51.4 Å². The molecule has 0 spiro atoms. The van der Waals surface area contributed by atoms with Crippen molar-refractivity contribution >= 4 is 22.8 Å². The minimum atomic E-state index is -0.570. The van der Waals surface area contributed by atoms with E-state index in [4.69, 9.17) is 0 Å². The monoisotopic (exact) mass is 566 g/mol. The minimum Gasteiger partial charge on any atom is -0.769 e. The van der Waals surface area contributed by atoms with E-state index in [0.717, 1.165) is 66.5 Å². The SMILES string of the molecule is CC(C)CCCC(C)C1CCC2C3CCC4=CC(=NNc5ccc(N([O-])[O-])cc5N(O)O)CCC4(C)C3CCC12C. The highest BCUT2D eigenvalue weighted by atomic mass is 16.8. The first-order valence-corrected chi connectivity index (χ1v) is 15.9. The summed E-state index contributed by atoms with van der Waals surface area (Å²) in [5.74, 6) is 4.93. The van der Waals surface area contributed by atoms with Gasteiger partial charge in [-0.05, 0) is 122 Å². The van der Waals surface area contributed by atoms with Crippen molar-refractivity contribution in [2.75, 3.05) is 15.9 Å². The Morgan fingerprint density at radius 1 is 1.00 bits per heavy atom. The number of hydrogen-bond donors (Lipinski definition) is 3. The summed E-state index contributed by atoms with van der Waals surface area (Å²) in [4.78, 5) is 0. The van der Waals surface area contributed by atoms with Crippen LogP contribution in [0.4, 0.5) is 17.1 Å². The predicted molar refractivity (Wildman–Crippen MR) is 166 cm³/mol. The lowest BCUT2D eigenvalue weighted by atomic mass is 9.46. The fourth-order valence-electron chi connectivity index (χ4n) is 9.71. The predicted octanol–water partition coefficient (Wildman–Crippen LogP) is 8.88. The Kier molecular flexibility index (Phi) is 8.78. The molecule has 4 aliphatic carbocycles. The number of benzene rings is 1. The Hall–Kier alpha value is -2.13. The molecule has 41 heavy (non-hydrogen) atoms.